The maximum absolute atomic E-state index is 13.0. The van der Waals surface area contributed by atoms with E-state index in [2.05, 4.69) is 5.32 Å². The summed E-state index contributed by atoms with van der Waals surface area (Å²) >= 11 is 0. The van der Waals surface area contributed by atoms with Crippen molar-refractivity contribution in [3.05, 3.63) is 59.2 Å². The maximum Gasteiger partial charge on any atom is 0.243 e. The highest BCUT2D eigenvalue weighted by molar-refractivity contribution is 7.89. The number of rotatable bonds is 9. The number of nitrogens with zero attached hydrogens (tertiary/aromatic N) is 1. The smallest absolute Gasteiger partial charge is 0.243 e. The van der Waals surface area contributed by atoms with E-state index in [-0.39, 0.29) is 23.3 Å². The lowest BCUT2D eigenvalue weighted by Gasteiger charge is -2.26. The Balaban J connectivity index is 1.70. The monoisotopic (exact) mass is 458 g/mol. The summed E-state index contributed by atoms with van der Waals surface area (Å²) in [5.41, 5.74) is 2.99. The molecule has 3 rings (SSSR count). The topological polar surface area (TPSA) is 75.7 Å². The summed E-state index contributed by atoms with van der Waals surface area (Å²) in [7, 11) is -1.98. The van der Waals surface area contributed by atoms with Gasteiger partial charge in [0, 0.05) is 19.5 Å². The number of ether oxygens (including phenoxy) is 1. The fraction of sp³-hybridized carbons (Fsp3) is 0.480. The number of aryl methyl sites for hydroxylation is 2. The summed E-state index contributed by atoms with van der Waals surface area (Å²) in [6.07, 6.45) is 4.30. The van der Waals surface area contributed by atoms with Gasteiger partial charge in [-0.25, -0.2) is 8.42 Å². The van der Waals surface area contributed by atoms with E-state index in [1.807, 2.05) is 38.1 Å². The Bertz CT molecular complexity index is 1010. The minimum absolute atomic E-state index is 0.0455. The third-order valence-electron chi connectivity index (χ3n) is 6.05. The van der Waals surface area contributed by atoms with Crippen molar-refractivity contribution in [2.45, 2.75) is 63.3 Å². The van der Waals surface area contributed by atoms with Crippen molar-refractivity contribution < 1.29 is 17.9 Å². The van der Waals surface area contributed by atoms with E-state index in [1.54, 1.807) is 29.6 Å². The summed E-state index contributed by atoms with van der Waals surface area (Å²) in [6.45, 7) is 5.20. The van der Waals surface area contributed by atoms with Gasteiger partial charge in [0.05, 0.1) is 18.0 Å². The lowest BCUT2D eigenvalue weighted by Crippen LogP contribution is -2.35. The molecule has 0 aromatic heterocycles. The first-order chi connectivity index (χ1) is 15.3. The molecule has 0 spiro atoms. The van der Waals surface area contributed by atoms with Gasteiger partial charge in [0.15, 0.2) is 0 Å². The Hall–Kier alpha value is -2.38. The summed E-state index contributed by atoms with van der Waals surface area (Å²) < 4.78 is 33.1. The zero-order valence-corrected chi connectivity index (χ0v) is 20.1. The van der Waals surface area contributed by atoms with Gasteiger partial charge in [-0.2, -0.15) is 4.31 Å². The predicted molar refractivity (Wildman–Crippen MR) is 126 cm³/mol. The molecule has 1 N–H and O–H groups in total. The van der Waals surface area contributed by atoms with Crippen molar-refractivity contribution in [2.24, 2.45) is 0 Å². The number of benzene rings is 2. The number of carbonyl (C=O) groups is 1. The average molecular weight is 459 g/mol. The Kier molecular flexibility index (Phi) is 8.32. The fourth-order valence-corrected chi connectivity index (χ4v) is 5.67. The molecule has 7 heteroatoms. The molecule has 1 aliphatic heterocycles. The maximum atomic E-state index is 13.0. The second-order valence-corrected chi connectivity index (χ2v) is 10.3. The quantitative estimate of drug-likeness (QED) is 0.605. The molecule has 0 radical (unpaired) electrons. The Labute approximate surface area is 192 Å². The molecule has 1 heterocycles. The molecule has 0 unspecified atom stereocenters. The molecule has 1 fully saturated rings. The van der Waals surface area contributed by atoms with Gasteiger partial charge in [0.1, 0.15) is 5.75 Å². The second-order valence-electron chi connectivity index (χ2n) is 8.38. The Morgan fingerprint density at radius 2 is 1.78 bits per heavy atom. The minimum atomic E-state index is -3.53. The van der Waals surface area contributed by atoms with Crippen LogP contribution in [0, 0.1) is 6.92 Å². The number of amides is 1. The van der Waals surface area contributed by atoms with Crippen LogP contribution in [-0.2, 0) is 21.2 Å². The van der Waals surface area contributed by atoms with Gasteiger partial charge in [-0.1, -0.05) is 43.2 Å². The Morgan fingerprint density at radius 3 is 2.41 bits per heavy atom. The van der Waals surface area contributed by atoms with Crippen LogP contribution < -0.4 is 10.1 Å². The van der Waals surface area contributed by atoms with Crippen LogP contribution in [0.25, 0.3) is 0 Å². The number of carbonyl (C=O) groups excluding carboxylic acids is 1. The highest BCUT2D eigenvalue weighted by Crippen LogP contribution is 2.27. The second kappa shape index (κ2) is 11.0. The Morgan fingerprint density at radius 1 is 1.09 bits per heavy atom. The van der Waals surface area contributed by atoms with Crippen LogP contribution in [-0.4, -0.2) is 38.8 Å². The molecular weight excluding hydrogens is 424 g/mol. The van der Waals surface area contributed by atoms with Gasteiger partial charge in [-0.15, -0.1) is 0 Å². The van der Waals surface area contributed by atoms with Crippen molar-refractivity contribution in [3.63, 3.8) is 0 Å². The number of hydrogen-bond donors (Lipinski definition) is 1. The lowest BCUT2D eigenvalue weighted by molar-refractivity contribution is -0.121. The van der Waals surface area contributed by atoms with Gasteiger partial charge < -0.3 is 10.1 Å². The fourth-order valence-electron chi connectivity index (χ4n) is 4.10. The number of piperidine rings is 1. The normalized spacial score (nSPS) is 15.8. The number of sulfonamides is 1. The van der Waals surface area contributed by atoms with Gasteiger partial charge >= 0.3 is 0 Å². The van der Waals surface area contributed by atoms with Gasteiger partial charge in [0.2, 0.25) is 15.9 Å². The molecule has 0 aliphatic carbocycles. The van der Waals surface area contributed by atoms with E-state index in [0.29, 0.717) is 25.3 Å². The van der Waals surface area contributed by atoms with Crippen LogP contribution in [0.1, 0.15) is 61.8 Å². The van der Waals surface area contributed by atoms with Crippen molar-refractivity contribution in [3.8, 4) is 5.75 Å². The summed E-state index contributed by atoms with van der Waals surface area (Å²) in [5.74, 6) is 0.532. The zero-order valence-electron chi connectivity index (χ0n) is 19.3. The van der Waals surface area contributed by atoms with E-state index in [9.17, 15) is 13.2 Å². The van der Waals surface area contributed by atoms with Crippen molar-refractivity contribution in [1.82, 2.24) is 9.62 Å². The molecule has 1 atom stereocenters. The summed E-state index contributed by atoms with van der Waals surface area (Å²) in [4.78, 5) is 12.9. The van der Waals surface area contributed by atoms with Crippen LogP contribution in [0.15, 0.2) is 47.4 Å². The average Bonchev–Trinajstić information content (AvgIpc) is 2.82. The van der Waals surface area contributed by atoms with Gasteiger partial charge in [-0.05, 0) is 61.9 Å². The summed E-state index contributed by atoms with van der Waals surface area (Å²) in [6, 6.07) is 13.1. The van der Waals surface area contributed by atoms with E-state index < -0.39 is 10.0 Å². The van der Waals surface area contributed by atoms with E-state index >= 15 is 0 Å². The molecule has 1 aliphatic rings. The molecule has 32 heavy (non-hydrogen) atoms. The molecule has 2 aromatic carbocycles. The molecule has 174 valence electrons. The van der Waals surface area contributed by atoms with E-state index in [0.717, 1.165) is 36.8 Å². The first-order valence-electron chi connectivity index (χ1n) is 11.4. The first kappa shape index (κ1) is 24.3. The largest absolute Gasteiger partial charge is 0.496 e. The van der Waals surface area contributed by atoms with Crippen molar-refractivity contribution >= 4 is 15.9 Å². The molecule has 2 aromatic rings. The first-order valence-corrected chi connectivity index (χ1v) is 12.8. The minimum Gasteiger partial charge on any atom is -0.496 e. The van der Waals surface area contributed by atoms with Crippen LogP contribution in [0.2, 0.25) is 0 Å². The van der Waals surface area contributed by atoms with Crippen LogP contribution >= 0.6 is 0 Å². The highest BCUT2D eigenvalue weighted by atomic mass is 32.2. The molecule has 0 saturated carbocycles. The van der Waals surface area contributed by atoms with Crippen LogP contribution in [0.5, 0.6) is 5.75 Å². The SMILES string of the molecule is CC[C@H](NC(=O)CCc1cc(S(=O)(=O)N2CCCCC2)ccc1OC)c1ccc(C)cc1. The van der Waals surface area contributed by atoms with Crippen LogP contribution in [0.4, 0.5) is 0 Å². The van der Waals surface area contributed by atoms with Gasteiger partial charge in [-0.3, -0.25) is 4.79 Å². The highest BCUT2D eigenvalue weighted by Gasteiger charge is 2.26. The van der Waals surface area contributed by atoms with Crippen molar-refractivity contribution in [1.29, 1.82) is 0 Å². The third kappa shape index (κ3) is 5.90. The number of hydrogen-bond acceptors (Lipinski definition) is 4. The molecule has 1 saturated heterocycles. The van der Waals surface area contributed by atoms with E-state index in [4.69, 9.17) is 4.74 Å². The zero-order chi connectivity index (χ0) is 23.1. The number of methoxy groups -OCH3 is 1. The van der Waals surface area contributed by atoms with Crippen LogP contribution in [0.3, 0.4) is 0 Å². The lowest BCUT2D eigenvalue weighted by atomic mass is 10.0. The van der Waals surface area contributed by atoms with Gasteiger partial charge in [0.25, 0.3) is 0 Å². The number of nitrogens with one attached hydrogen (secondary N) is 1. The molecular formula is C25H34N2O4S. The van der Waals surface area contributed by atoms with Crippen molar-refractivity contribution in [2.75, 3.05) is 20.2 Å². The standard InChI is InChI=1S/C25H34N2O4S/c1-4-23(20-10-8-19(2)9-11-20)26-25(28)15-12-21-18-22(13-14-24(21)31-3)32(29,30)27-16-6-5-7-17-27/h8-11,13-14,18,23H,4-7,12,15-17H2,1-3H3,(H,26,28)/t23-/m0/s1. The summed E-state index contributed by atoms with van der Waals surface area (Å²) in [5, 5.41) is 3.10. The predicted octanol–water partition coefficient (Wildman–Crippen LogP) is 4.38. The third-order valence-corrected chi connectivity index (χ3v) is 7.94. The molecule has 6 nitrogen and oxygen atoms in total. The van der Waals surface area contributed by atoms with E-state index in [1.165, 1.54) is 5.56 Å². The molecule has 1 amide bonds. The molecule has 0 bridgehead atoms.